The number of hydrogen-bond donors (Lipinski definition) is 2. The summed E-state index contributed by atoms with van der Waals surface area (Å²) < 4.78 is 11.7. The van der Waals surface area contributed by atoms with Gasteiger partial charge in [-0.05, 0) is 84.8 Å². The highest BCUT2D eigenvalue weighted by Crippen LogP contribution is 2.43. The first-order valence-electron chi connectivity index (χ1n) is 13.5. The zero-order valence-corrected chi connectivity index (χ0v) is 22.9. The first-order valence-corrected chi connectivity index (χ1v) is 13.5. The molecule has 1 fully saturated rings. The van der Waals surface area contributed by atoms with Crippen molar-refractivity contribution in [1.29, 1.82) is 0 Å². The van der Waals surface area contributed by atoms with Crippen LogP contribution in [0.15, 0.2) is 132 Å². The zero-order valence-electron chi connectivity index (χ0n) is 22.9. The van der Waals surface area contributed by atoms with Gasteiger partial charge in [-0.3, -0.25) is 14.5 Å². The average Bonchev–Trinajstić information content (AvgIpc) is 3.64. The summed E-state index contributed by atoms with van der Waals surface area (Å²) in [5.41, 5.74) is 4.41. The van der Waals surface area contributed by atoms with Gasteiger partial charge in [0, 0.05) is 22.6 Å². The minimum absolute atomic E-state index is 0.0428. The van der Waals surface area contributed by atoms with E-state index >= 15 is 0 Å². The number of ketones is 1. The molecule has 2 N–H and O–H groups in total. The molecule has 1 aliphatic rings. The molecule has 5 aromatic rings. The number of benzene rings is 4. The van der Waals surface area contributed by atoms with Crippen molar-refractivity contribution in [3.8, 4) is 5.75 Å². The summed E-state index contributed by atoms with van der Waals surface area (Å²) in [7, 11) is 0. The van der Waals surface area contributed by atoms with E-state index in [-0.39, 0.29) is 11.3 Å². The summed E-state index contributed by atoms with van der Waals surface area (Å²) in [6, 6.07) is 34.3. The number of hydrogen-bond acceptors (Lipinski definition) is 6. The fraction of sp³-hybridized carbons (Fsp3) is 0.0857. The third kappa shape index (κ3) is 5.28. The van der Waals surface area contributed by atoms with Crippen LogP contribution in [0.2, 0.25) is 0 Å². The van der Waals surface area contributed by atoms with Crippen LogP contribution in [-0.4, -0.2) is 16.8 Å². The molecule has 1 atom stereocenters. The Morgan fingerprint density at radius 2 is 1.55 bits per heavy atom. The molecule has 0 saturated carbocycles. The summed E-state index contributed by atoms with van der Waals surface area (Å²) in [5.74, 6) is -0.801. The summed E-state index contributed by atoms with van der Waals surface area (Å²) in [6.07, 6.45) is 1.48. The van der Waals surface area contributed by atoms with E-state index in [2.05, 4.69) is 5.32 Å². The van der Waals surface area contributed by atoms with E-state index in [1.165, 1.54) is 11.2 Å². The van der Waals surface area contributed by atoms with Crippen molar-refractivity contribution in [3.63, 3.8) is 0 Å². The number of rotatable bonds is 8. The molecule has 42 heavy (non-hydrogen) atoms. The first kappa shape index (κ1) is 26.7. The number of nitrogens with one attached hydrogen (secondary N) is 1. The van der Waals surface area contributed by atoms with Crippen LogP contribution in [0.1, 0.15) is 28.5 Å². The number of anilines is 3. The Morgan fingerprint density at radius 3 is 2.21 bits per heavy atom. The maximum absolute atomic E-state index is 13.4. The molecular weight excluding hydrogens is 528 g/mol. The number of carbonyl (C=O) groups is 2. The van der Waals surface area contributed by atoms with Crippen LogP contribution in [0.5, 0.6) is 5.75 Å². The summed E-state index contributed by atoms with van der Waals surface area (Å²) in [4.78, 5) is 28.2. The van der Waals surface area contributed by atoms with Crippen molar-refractivity contribution in [2.75, 3.05) is 10.2 Å². The zero-order chi connectivity index (χ0) is 29.1. The van der Waals surface area contributed by atoms with Gasteiger partial charge in [0.1, 0.15) is 29.9 Å². The smallest absolute Gasteiger partial charge is 0.300 e. The maximum atomic E-state index is 13.4. The lowest BCUT2D eigenvalue weighted by molar-refractivity contribution is -0.132. The van der Waals surface area contributed by atoms with Gasteiger partial charge in [0.05, 0.1) is 11.8 Å². The third-order valence-electron chi connectivity index (χ3n) is 7.15. The van der Waals surface area contributed by atoms with Crippen molar-refractivity contribution >= 4 is 34.5 Å². The van der Waals surface area contributed by atoms with Crippen LogP contribution in [0, 0.1) is 6.92 Å². The highest BCUT2D eigenvalue weighted by Gasteiger charge is 2.48. The minimum Gasteiger partial charge on any atom is -0.507 e. The summed E-state index contributed by atoms with van der Waals surface area (Å²) >= 11 is 0. The van der Waals surface area contributed by atoms with Crippen molar-refractivity contribution in [2.24, 2.45) is 0 Å². The Balaban J connectivity index is 1.32. The second-order valence-electron chi connectivity index (χ2n) is 9.98. The SMILES string of the molecule is Cc1cc(/C(O)=C2/C(=O)C(=O)N(c3ccc(Nc4ccccc4)cc3)C2c2ccco2)ccc1OCc1ccccc1. The average molecular weight is 557 g/mol. The number of aryl methyl sites for hydroxylation is 1. The van der Waals surface area contributed by atoms with Gasteiger partial charge < -0.3 is 19.6 Å². The Hall–Kier alpha value is -5.56. The number of nitrogens with zero attached hydrogens (tertiary/aromatic N) is 1. The number of furan rings is 1. The molecule has 6 rings (SSSR count). The molecule has 1 aromatic heterocycles. The lowest BCUT2D eigenvalue weighted by atomic mass is 9.98. The van der Waals surface area contributed by atoms with Crippen molar-refractivity contribution in [3.05, 3.63) is 150 Å². The van der Waals surface area contributed by atoms with Crippen LogP contribution in [0.25, 0.3) is 5.76 Å². The first-order chi connectivity index (χ1) is 20.5. The van der Waals surface area contributed by atoms with E-state index in [0.29, 0.717) is 29.4 Å². The molecule has 0 aliphatic carbocycles. The van der Waals surface area contributed by atoms with Crippen molar-refractivity contribution in [1.82, 2.24) is 0 Å². The second kappa shape index (κ2) is 11.5. The van der Waals surface area contributed by atoms with Crippen LogP contribution >= 0.6 is 0 Å². The largest absolute Gasteiger partial charge is 0.507 e. The second-order valence-corrected chi connectivity index (χ2v) is 9.98. The van der Waals surface area contributed by atoms with Crippen molar-refractivity contribution in [2.45, 2.75) is 19.6 Å². The van der Waals surface area contributed by atoms with E-state index < -0.39 is 17.7 Å². The molecule has 0 radical (unpaired) electrons. The quantitative estimate of drug-likeness (QED) is 0.117. The molecule has 208 valence electrons. The van der Waals surface area contributed by atoms with Gasteiger partial charge >= 0.3 is 0 Å². The minimum atomic E-state index is -0.942. The molecule has 7 heteroatoms. The number of aliphatic hydroxyl groups excluding tert-OH is 1. The predicted molar refractivity (Wildman–Crippen MR) is 162 cm³/mol. The monoisotopic (exact) mass is 556 g/mol. The van der Waals surface area contributed by atoms with E-state index in [9.17, 15) is 14.7 Å². The molecule has 0 bridgehead atoms. The maximum Gasteiger partial charge on any atom is 0.300 e. The summed E-state index contributed by atoms with van der Waals surface area (Å²) in [5, 5.41) is 14.8. The van der Waals surface area contributed by atoms with E-state index in [0.717, 1.165) is 22.5 Å². The number of ether oxygens (including phenoxy) is 1. The molecule has 1 amide bonds. The van der Waals surface area contributed by atoms with Gasteiger partial charge in [-0.1, -0.05) is 48.5 Å². The highest BCUT2D eigenvalue weighted by atomic mass is 16.5. The molecule has 1 aliphatic heterocycles. The summed E-state index contributed by atoms with van der Waals surface area (Å²) in [6.45, 7) is 2.26. The number of carbonyl (C=O) groups excluding carboxylic acids is 2. The van der Waals surface area contributed by atoms with Crippen LogP contribution < -0.4 is 15.0 Å². The molecule has 1 saturated heterocycles. The predicted octanol–water partition coefficient (Wildman–Crippen LogP) is 7.54. The fourth-order valence-corrected chi connectivity index (χ4v) is 5.06. The highest BCUT2D eigenvalue weighted by molar-refractivity contribution is 6.51. The van der Waals surface area contributed by atoms with Gasteiger partial charge in [0.15, 0.2) is 0 Å². The molecule has 2 heterocycles. The molecule has 7 nitrogen and oxygen atoms in total. The molecular formula is C35H28N2O5. The lowest BCUT2D eigenvalue weighted by Crippen LogP contribution is -2.29. The van der Waals surface area contributed by atoms with Gasteiger partial charge in [-0.2, -0.15) is 0 Å². The number of para-hydroxylation sites is 1. The van der Waals surface area contributed by atoms with Crippen LogP contribution in [0.4, 0.5) is 17.1 Å². The van der Waals surface area contributed by atoms with E-state index in [1.807, 2.05) is 79.7 Å². The molecule has 4 aromatic carbocycles. The van der Waals surface area contributed by atoms with Gasteiger partial charge in [0.2, 0.25) is 0 Å². The van der Waals surface area contributed by atoms with Gasteiger partial charge in [0.25, 0.3) is 11.7 Å². The fourth-order valence-electron chi connectivity index (χ4n) is 5.06. The van der Waals surface area contributed by atoms with E-state index in [1.54, 1.807) is 42.5 Å². The third-order valence-corrected chi connectivity index (χ3v) is 7.15. The van der Waals surface area contributed by atoms with E-state index in [4.69, 9.17) is 9.15 Å². The van der Waals surface area contributed by atoms with Gasteiger partial charge in [-0.15, -0.1) is 0 Å². The normalized spacial score (nSPS) is 16.0. The molecule has 0 spiro atoms. The van der Waals surface area contributed by atoms with Gasteiger partial charge in [-0.25, -0.2) is 0 Å². The van der Waals surface area contributed by atoms with Crippen LogP contribution in [0.3, 0.4) is 0 Å². The molecule has 1 unspecified atom stereocenters. The Bertz CT molecular complexity index is 1740. The number of Topliss-reactive ketones (excluding diaryl/α,β-unsaturated/α-hetero) is 1. The number of aliphatic hydroxyl groups is 1. The van der Waals surface area contributed by atoms with Crippen LogP contribution in [-0.2, 0) is 16.2 Å². The Morgan fingerprint density at radius 1 is 0.857 bits per heavy atom. The lowest BCUT2D eigenvalue weighted by Gasteiger charge is -2.23. The topological polar surface area (TPSA) is 92.0 Å². The van der Waals surface area contributed by atoms with Crippen molar-refractivity contribution < 1.29 is 23.8 Å². The Labute approximate surface area is 243 Å². The standard InChI is InChI=1S/C35H28N2O5/c1-23-21-25(14-19-29(23)42-22-24-9-4-2-5-10-24)33(38)31-32(30-13-8-20-41-30)37(35(40)34(31)39)28-17-15-27(16-18-28)36-26-11-6-3-7-12-26/h2-21,32,36,38H,22H2,1H3/b33-31-. The Kier molecular flexibility index (Phi) is 7.30. The number of amides is 1.